The second-order valence-corrected chi connectivity index (χ2v) is 8.11. The van der Waals surface area contributed by atoms with Gasteiger partial charge in [-0.3, -0.25) is 4.79 Å². The highest BCUT2D eigenvalue weighted by molar-refractivity contribution is 7.10. The summed E-state index contributed by atoms with van der Waals surface area (Å²) in [6, 6.07) is 16.3. The molecule has 1 aromatic carbocycles. The highest BCUT2D eigenvalue weighted by Crippen LogP contribution is 2.30. The molecule has 0 aliphatic carbocycles. The van der Waals surface area contributed by atoms with Crippen LogP contribution in [0.3, 0.4) is 0 Å². The van der Waals surface area contributed by atoms with Crippen molar-refractivity contribution in [2.24, 2.45) is 0 Å². The van der Waals surface area contributed by atoms with Gasteiger partial charge in [-0.1, -0.05) is 23.8 Å². The molecule has 144 valence electrons. The molecule has 4 heterocycles. The molecule has 5 nitrogen and oxygen atoms in total. The van der Waals surface area contributed by atoms with Crippen molar-refractivity contribution in [3.8, 4) is 11.5 Å². The summed E-state index contributed by atoms with van der Waals surface area (Å²) in [7, 11) is 0. The van der Waals surface area contributed by atoms with Crippen molar-refractivity contribution in [3.05, 3.63) is 94.1 Å². The molecule has 0 N–H and O–H groups in total. The average molecular weight is 401 g/mol. The summed E-state index contributed by atoms with van der Waals surface area (Å²) in [4.78, 5) is 15.6. The quantitative estimate of drug-likeness (QED) is 0.470. The Hall–Kier alpha value is -3.38. The first-order valence-corrected chi connectivity index (χ1v) is 10.4. The summed E-state index contributed by atoms with van der Waals surface area (Å²) in [5.41, 5.74) is 4.28. The number of nitrogens with zero attached hydrogens (tertiary/aromatic N) is 4. The van der Waals surface area contributed by atoms with Gasteiger partial charge in [0.1, 0.15) is 5.82 Å². The molecule has 0 bridgehead atoms. The Bertz CT molecular complexity index is 1170. The molecule has 1 aliphatic rings. The topological polar surface area (TPSA) is 43.1 Å². The predicted molar refractivity (Wildman–Crippen MR) is 115 cm³/mol. The van der Waals surface area contributed by atoms with Crippen LogP contribution in [-0.2, 0) is 17.9 Å². The number of rotatable bonds is 4. The predicted octanol–water partition coefficient (Wildman–Crippen LogP) is 4.59. The van der Waals surface area contributed by atoms with E-state index in [-0.39, 0.29) is 5.91 Å². The van der Waals surface area contributed by atoms with Crippen molar-refractivity contribution in [2.75, 3.05) is 0 Å². The van der Waals surface area contributed by atoms with E-state index in [1.165, 1.54) is 5.56 Å². The Balaban J connectivity index is 1.48. The first-order chi connectivity index (χ1) is 14.2. The first kappa shape index (κ1) is 17.7. The van der Waals surface area contributed by atoms with Crippen LogP contribution in [0.4, 0.5) is 0 Å². The third-order valence-corrected chi connectivity index (χ3v) is 5.94. The molecular formula is C23H20N4OS. The van der Waals surface area contributed by atoms with E-state index >= 15 is 0 Å². The molecule has 1 aliphatic heterocycles. The first-order valence-electron chi connectivity index (χ1n) is 9.51. The molecule has 1 amide bonds. The van der Waals surface area contributed by atoms with E-state index in [4.69, 9.17) is 5.10 Å². The Morgan fingerprint density at radius 2 is 1.86 bits per heavy atom. The third kappa shape index (κ3) is 3.32. The maximum atomic E-state index is 12.7. The number of aryl methyl sites for hydroxylation is 1. The molecule has 0 saturated carbocycles. The zero-order chi connectivity index (χ0) is 19.8. The van der Waals surface area contributed by atoms with Crippen LogP contribution in [0.15, 0.2) is 72.4 Å². The number of benzene rings is 1. The van der Waals surface area contributed by atoms with Crippen LogP contribution in [0.2, 0.25) is 0 Å². The molecule has 0 spiro atoms. The van der Waals surface area contributed by atoms with Gasteiger partial charge in [-0.2, -0.15) is 5.10 Å². The number of carbonyl (C=O) groups is 1. The highest BCUT2D eigenvalue weighted by Gasteiger charge is 2.30. The number of amides is 1. The van der Waals surface area contributed by atoms with Crippen LogP contribution < -0.4 is 0 Å². The number of hydrogen-bond donors (Lipinski definition) is 0. The fourth-order valence-corrected chi connectivity index (χ4v) is 4.23. The number of fused-ring (bicyclic) bond motifs is 1. The summed E-state index contributed by atoms with van der Waals surface area (Å²) in [6.45, 7) is 3.16. The van der Waals surface area contributed by atoms with Gasteiger partial charge < -0.3 is 9.47 Å². The molecule has 6 heteroatoms. The number of aromatic nitrogens is 3. The van der Waals surface area contributed by atoms with E-state index in [0.717, 1.165) is 27.6 Å². The SMILES string of the molecule is Cc1ccc(-n2nc3c(c2-n2cccc2)CN(C(=O)/C=C/c2cccs2)C3)cc1. The molecule has 4 aromatic rings. The van der Waals surface area contributed by atoms with Crippen molar-refractivity contribution in [2.45, 2.75) is 20.0 Å². The van der Waals surface area contributed by atoms with E-state index in [0.29, 0.717) is 13.1 Å². The van der Waals surface area contributed by atoms with Gasteiger partial charge in [0.05, 0.1) is 24.5 Å². The molecule has 0 fully saturated rings. The van der Waals surface area contributed by atoms with Gasteiger partial charge in [0.25, 0.3) is 0 Å². The van der Waals surface area contributed by atoms with E-state index in [1.54, 1.807) is 17.4 Å². The van der Waals surface area contributed by atoms with Crippen LogP contribution in [0.1, 0.15) is 21.7 Å². The normalized spacial score (nSPS) is 13.3. The van der Waals surface area contributed by atoms with Gasteiger partial charge in [-0.15, -0.1) is 11.3 Å². The summed E-state index contributed by atoms with van der Waals surface area (Å²) in [5.74, 6) is 1.00. The van der Waals surface area contributed by atoms with Crippen LogP contribution in [0.25, 0.3) is 17.6 Å². The van der Waals surface area contributed by atoms with E-state index in [1.807, 2.05) is 57.7 Å². The van der Waals surface area contributed by atoms with Crippen LogP contribution >= 0.6 is 11.3 Å². The van der Waals surface area contributed by atoms with Gasteiger partial charge in [-0.25, -0.2) is 4.68 Å². The van der Waals surface area contributed by atoms with E-state index < -0.39 is 0 Å². The minimum atomic E-state index is 0.0109. The fourth-order valence-electron chi connectivity index (χ4n) is 3.61. The smallest absolute Gasteiger partial charge is 0.247 e. The Labute approximate surface area is 173 Å². The fraction of sp³-hybridized carbons (Fsp3) is 0.130. The van der Waals surface area contributed by atoms with E-state index in [9.17, 15) is 4.79 Å². The average Bonchev–Trinajstić information content (AvgIpc) is 3.50. The number of hydrogen-bond acceptors (Lipinski definition) is 3. The van der Waals surface area contributed by atoms with Crippen molar-refractivity contribution < 1.29 is 4.79 Å². The van der Waals surface area contributed by atoms with Crippen LogP contribution in [0.5, 0.6) is 0 Å². The largest absolute Gasteiger partial charge is 0.329 e. The molecule has 0 radical (unpaired) electrons. The zero-order valence-electron chi connectivity index (χ0n) is 16.0. The summed E-state index contributed by atoms with van der Waals surface area (Å²) in [6.07, 6.45) is 7.57. The van der Waals surface area contributed by atoms with Gasteiger partial charge >= 0.3 is 0 Å². The van der Waals surface area contributed by atoms with Crippen LogP contribution in [0, 0.1) is 6.92 Å². The maximum absolute atomic E-state index is 12.7. The lowest BCUT2D eigenvalue weighted by Gasteiger charge is -2.16. The number of thiophene rings is 1. The molecule has 0 saturated heterocycles. The lowest BCUT2D eigenvalue weighted by molar-refractivity contribution is -0.126. The zero-order valence-corrected chi connectivity index (χ0v) is 16.8. The van der Waals surface area contributed by atoms with Crippen molar-refractivity contribution in [1.29, 1.82) is 0 Å². The minimum Gasteiger partial charge on any atom is -0.329 e. The molecule has 3 aromatic heterocycles. The molecule has 0 atom stereocenters. The van der Waals surface area contributed by atoms with Gasteiger partial charge in [-0.05, 0) is 48.7 Å². The molecular weight excluding hydrogens is 380 g/mol. The van der Waals surface area contributed by atoms with Crippen molar-refractivity contribution in [1.82, 2.24) is 19.2 Å². The standard InChI is InChI=1S/C23H20N4OS/c1-17-6-8-18(9-7-17)27-23(25-12-2-3-13-25)20-15-26(16-21(20)24-27)22(28)11-10-19-5-4-14-29-19/h2-14H,15-16H2,1H3/b11-10+. The second-order valence-electron chi connectivity index (χ2n) is 7.13. The van der Waals surface area contributed by atoms with Gasteiger partial charge in [0.2, 0.25) is 5.91 Å². The van der Waals surface area contributed by atoms with Crippen molar-refractivity contribution >= 4 is 23.3 Å². The number of carbonyl (C=O) groups excluding carboxylic acids is 1. The highest BCUT2D eigenvalue weighted by atomic mass is 32.1. The maximum Gasteiger partial charge on any atom is 0.247 e. The molecule has 5 rings (SSSR count). The molecule has 29 heavy (non-hydrogen) atoms. The Morgan fingerprint density at radius 1 is 1.07 bits per heavy atom. The van der Waals surface area contributed by atoms with Crippen LogP contribution in [-0.4, -0.2) is 25.2 Å². The summed E-state index contributed by atoms with van der Waals surface area (Å²) in [5, 5.41) is 6.88. The van der Waals surface area contributed by atoms with Crippen molar-refractivity contribution in [3.63, 3.8) is 0 Å². The third-order valence-electron chi connectivity index (χ3n) is 5.10. The summed E-state index contributed by atoms with van der Waals surface area (Å²) < 4.78 is 4.05. The minimum absolute atomic E-state index is 0.0109. The van der Waals surface area contributed by atoms with Gasteiger partial charge in [0.15, 0.2) is 0 Å². The monoisotopic (exact) mass is 400 g/mol. The molecule has 0 unspecified atom stereocenters. The lowest BCUT2D eigenvalue weighted by Crippen LogP contribution is -2.24. The summed E-state index contributed by atoms with van der Waals surface area (Å²) >= 11 is 1.62. The lowest BCUT2D eigenvalue weighted by atomic mass is 10.2. The second kappa shape index (κ2) is 7.22. The van der Waals surface area contributed by atoms with Gasteiger partial charge in [0, 0.05) is 28.9 Å². The Kier molecular flexibility index (Phi) is 4.41. The van der Waals surface area contributed by atoms with E-state index in [2.05, 4.69) is 35.8 Å². The Morgan fingerprint density at radius 3 is 2.59 bits per heavy atom.